The number of ether oxygens (including phenoxy) is 2. The quantitative estimate of drug-likeness (QED) is 0.745. The maximum Gasteiger partial charge on any atom is 0.255 e. The predicted molar refractivity (Wildman–Crippen MR) is 121 cm³/mol. The van der Waals surface area contributed by atoms with E-state index in [4.69, 9.17) is 9.47 Å². The molecule has 1 atom stereocenters. The normalized spacial score (nSPS) is 15.9. The van der Waals surface area contributed by atoms with Crippen molar-refractivity contribution in [1.82, 2.24) is 4.90 Å². The van der Waals surface area contributed by atoms with E-state index in [1.165, 1.54) is 5.56 Å². The Morgan fingerprint density at radius 3 is 2.53 bits per heavy atom. The van der Waals surface area contributed by atoms with Crippen LogP contribution in [0.5, 0.6) is 11.5 Å². The highest BCUT2D eigenvalue weighted by Crippen LogP contribution is 2.31. The summed E-state index contributed by atoms with van der Waals surface area (Å²) in [6.45, 7) is 7.89. The smallest absolute Gasteiger partial charge is 0.255 e. The molecule has 2 aromatic carbocycles. The Kier molecular flexibility index (Phi) is 6.92. The molecule has 1 heterocycles. The minimum Gasteiger partial charge on any atom is -0.493 e. The van der Waals surface area contributed by atoms with E-state index in [0.717, 1.165) is 11.3 Å². The van der Waals surface area contributed by atoms with Crippen molar-refractivity contribution in [1.29, 1.82) is 0 Å². The second kappa shape index (κ2) is 9.43. The Morgan fingerprint density at radius 2 is 1.87 bits per heavy atom. The molecule has 1 aliphatic heterocycles. The third-order valence-electron chi connectivity index (χ3n) is 4.99. The summed E-state index contributed by atoms with van der Waals surface area (Å²) in [5.74, 6) is 1.74. The molecule has 1 fully saturated rings. The molecule has 3 rings (SSSR count). The van der Waals surface area contributed by atoms with Crippen molar-refractivity contribution in [2.24, 2.45) is 0 Å². The predicted octanol–water partition coefficient (Wildman–Crippen LogP) is 4.25. The van der Waals surface area contributed by atoms with Crippen molar-refractivity contribution in [3.63, 3.8) is 0 Å². The zero-order valence-electron chi connectivity index (χ0n) is 18.0. The van der Waals surface area contributed by atoms with E-state index in [-0.39, 0.29) is 17.9 Å². The molecular formula is C23H28N2O4S. The van der Waals surface area contributed by atoms with Crippen LogP contribution in [-0.2, 0) is 4.79 Å². The number of nitrogens with zero attached hydrogens (tertiary/aromatic N) is 1. The molecule has 0 spiro atoms. The van der Waals surface area contributed by atoms with Crippen LogP contribution in [0.1, 0.15) is 35.3 Å². The Balaban J connectivity index is 1.76. The molecule has 0 saturated carbocycles. The van der Waals surface area contributed by atoms with Crippen molar-refractivity contribution in [2.45, 2.75) is 39.8 Å². The number of carbonyl (C=O) groups is 2. The van der Waals surface area contributed by atoms with Gasteiger partial charge in [0.05, 0.1) is 19.1 Å². The van der Waals surface area contributed by atoms with Crippen LogP contribution in [0.4, 0.5) is 5.69 Å². The van der Waals surface area contributed by atoms with Crippen LogP contribution in [0.15, 0.2) is 36.4 Å². The second-order valence-electron chi connectivity index (χ2n) is 7.61. The van der Waals surface area contributed by atoms with Crippen molar-refractivity contribution in [3.05, 3.63) is 53.1 Å². The lowest BCUT2D eigenvalue weighted by molar-refractivity contribution is -0.119. The van der Waals surface area contributed by atoms with Gasteiger partial charge in [0, 0.05) is 17.0 Å². The summed E-state index contributed by atoms with van der Waals surface area (Å²) in [5, 5.41) is 2.95. The lowest BCUT2D eigenvalue weighted by atomic mass is 10.1. The minimum atomic E-state index is -0.526. The third-order valence-corrected chi connectivity index (χ3v) is 6.01. The number of hydrogen-bond donors (Lipinski definition) is 1. The molecule has 0 aliphatic carbocycles. The van der Waals surface area contributed by atoms with E-state index in [1.807, 2.05) is 45.9 Å². The van der Waals surface area contributed by atoms with Gasteiger partial charge in [0.15, 0.2) is 11.5 Å². The molecule has 0 radical (unpaired) electrons. The fourth-order valence-corrected chi connectivity index (χ4v) is 4.38. The van der Waals surface area contributed by atoms with E-state index in [9.17, 15) is 9.59 Å². The first-order valence-electron chi connectivity index (χ1n) is 9.91. The van der Waals surface area contributed by atoms with Gasteiger partial charge in [-0.05, 0) is 69.2 Å². The molecule has 2 aromatic rings. The SMILES string of the molecule is COc1cc(C(=O)N2CSC[C@H]2C(=O)Nc2ccc(C)c(C)c2)ccc1OC(C)C. The van der Waals surface area contributed by atoms with Crippen LogP contribution >= 0.6 is 11.8 Å². The molecule has 1 N–H and O–H groups in total. The van der Waals surface area contributed by atoms with Gasteiger partial charge in [0.2, 0.25) is 5.91 Å². The van der Waals surface area contributed by atoms with E-state index < -0.39 is 6.04 Å². The number of methoxy groups -OCH3 is 1. The van der Waals surface area contributed by atoms with Gasteiger partial charge >= 0.3 is 0 Å². The first-order valence-corrected chi connectivity index (χ1v) is 11.1. The molecular weight excluding hydrogens is 400 g/mol. The van der Waals surface area contributed by atoms with Gasteiger partial charge in [0.1, 0.15) is 6.04 Å². The molecule has 1 saturated heterocycles. The van der Waals surface area contributed by atoms with Crippen molar-refractivity contribution in [3.8, 4) is 11.5 Å². The summed E-state index contributed by atoms with van der Waals surface area (Å²) >= 11 is 1.57. The topological polar surface area (TPSA) is 67.9 Å². The maximum atomic E-state index is 13.2. The molecule has 0 bridgehead atoms. The lowest BCUT2D eigenvalue weighted by Crippen LogP contribution is -2.44. The van der Waals surface area contributed by atoms with Crippen molar-refractivity contribution >= 4 is 29.3 Å². The fourth-order valence-electron chi connectivity index (χ4n) is 3.22. The van der Waals surface area contributed by atoms with Gasteiger partial charge < -0.3 is 19.7 Å². The summed E-state index contributed by atoms with van der Waals surface area (Å²) in [4.78, 5) is 27.7. The Hall–Kier alpha value is -2.67. The number of anilines is 1. The largest absolute Gasteiger partial charge is 0.493 e. The number of thioether (sulfide) groups is 1. The van der Waals surface area contributed by atoms with Gasteiger partial charge in [-0.15, -0.1) is 11.8 Å². The van der Waals surface area contributed by atoms with Crippen LogP contribution in [0, 0.1) is 13.8 Å². The molecule has 1 aliphatic rings. The second-order valence-corrected chi connectivity index (χ2v) is 8.61. The zero-order chi connectivity index (χ0) is 21.8. The summed E-state index contributed by atoms with van der Waals surface area (Å²) in [6, 6.07) is 10.4. The number of rotatable bonds is 6. The van der Waals surface area contributed by atoms with Crippen LogP contribution < -0.4 is 14.8 Å². The van der Waals surface area contributed by atoms with Gasteiger partial charge in [0.25, 0.3) is 5.91 Å². The van der Waals surface area contributed by atoms with Crippen molar-refractivity contribution < 1.29 is 19.1 Å². The first kappa shape index (κ1) is 22.0. The van der Waals surface area contributed by atoms with E-state index >= 15 is 0 Å². The number of amides is 2. The van der Waals surface area contributed by atoms with Gasteiger partial charge in [-0.2, -0.15) is 0 Å². The lowest BCUT2D eigenvalue weighted by Gasteiger charge is -2.24. The molecule has 160 valence electrons. The first-order chi connectivity index (χ1) is 14.3. The average molecular weight is 429 g/mol. The number of carbonyl (C=O) groups excluding carboxylic acids is 2. The van der Waals surface area contributed by atoms with Gasteiger partial charge in [-0.25, -0.2) is 0 Å². The van der Waals surface area contributed by atoms with Crippen LogP contribution in [0.3, 0.4) is 0 Å². The molecule has 6 nitrogen and oxygen atoms in total. The van der Waals surface area contributed by atoms with E-state index in [0.29, 0.717) is 28.7 Å². The Bertz CT molecular complexity index is 945. The van der Waals surface area contributed by atoms with Crippen LogP contribution in [0.2, 0.25) is 0 Å². The zero-order valence-corrected chi connectivity index (χ0v) is 18.8. The van der Waals surface area contributed by atoms with Crippen LogP contribution in [-0.4, -0.2) is 47.6 Å². The summed E-state index contributed by atoms with van der Waals surface area (Å²) < 4.78 is 11.1. The summed E-state index contributed by atoms with van der Waals surface area (Å²) in [6.07, 6.45) is -0.00563. The highest BCUT2D eigenvalue weighted by molar-refractivity contribution is 7.99. The molecule has 0 unspecified atom stereocenters. The summed E-state index contributed by atoms with van der Waals surface area (Å²) in [5.41, 5.74) is 3.48. The highest BCUT2D eigenvalue weighted by atomic mass is 32.2. The van der Waals surface area contributed by atoms with Crippen molar-refractivity contribution in [2.75, 3.05) is 24.1 Å². The maximum absolute atomic E-state index is 13.2. The molecule has 0 aromatic heterocycles. The standard InChI is InChI=1S/C23H28N2O4S/c1-14(2)29-20-9-7-17(11-21(20)28-5)23(27)25-13-30-12-19(25)22(26)24-18-8-6-15(3)16(4)10-18/h6-11,14,19H,12-13H2,1-5H3,(H,24,26)/t19-/m0/s1. The van der Waals surface area contributed by atoms with E-state index in [1.54, 1.807) is 42.0 Å². The number of hydrogen-bond acceptors (Lipinski definition) is 5. The molecule has 30 heavy (non-hydrogen) atoms. The minimum absolute atomic E-state index is 0.00563. The fraction of sp³-hybridized carbons (Fsp3) is 0.391. The molecule has 7 heteroatoms. The highest BCUT2D eigenvalue weighted by Gasteiger charge is 2.35. The number of aryl methyl sites for hydroxylation is 2. The van der Waals surface area contributed by atoms with Gasteiger partial charge in [-0.1, -0.05) is 6.07 Å². The van der Waals surface area contributed by atoms with Crippen LogP contribution in [0.25, 0.3) is 0 Å². The Labute approximate surface area is 181 Å². The molecule has 2 amide bonds. The monoisotopic (exact) mass is 428 g/mol. The average Bonchev–Trinajstić information content (AvgIpc) is 3.20. The Morgan fingerprint density at radius 1 is 1.10 bits per heavy atom. The third kappa shape index (κ3) is 4.90. The van der Waals surface area contributed by atoms with Gasteiger partial charge in [-0.3, -0.25) is 9.59 Å². The summed E-state index contributed by atoms with van der Waals surface area (Å²) in [7, 11) is 1.54. The number of benzene rings is 2. The number of nitrogens with one attached hydrogen (secondary N) is 1. The van der Waals surface area contributed by atoms with E-state index in [2.05, 4.69) is 5.32 Å².